The molecule has 1 aromatic rings. The van der Waals surface area contributed by atoms with E-state index in [0.29, 0.717) is 19.4 Å². The summed E-state index contributed by atoms with van der Waals surface area (Å²) < 4.78 is 30.0. The van der Waals surface area contributed by atoms with Crippen LogP contribution >= 0.6 is 0 Å². The Hall–Kier alpha value is -0.890. The van der Waals surface area contributed by atoms with Crippen molar-refractivity contribution in [2.75, 3.05) is 6.61 Å². The van der Waals surface area contributed by atoms with E-state index in [9.17, 15) is 8.42 Å². The molecule has 0 fully saturated rings. The van der Waals surface area contributed by atoms with Crippen LogP contribution < -0.4 is 9.61 Å². The van der Waals surface area contributed by atoms with Gasteiger partial charge in [0.05, 0.1) is 12.9 Å². The second-order valence-corrected chi connectivity index (χ2v) is 5.30. The minimum atomic E-state index is -3.56. The number of nitrogens with one attached hydrogen (secondary N) is 2. The van der Waals surface area contributed by atoms with Crippen molar-refractivity contribution < 1.29 is 17.7 Å². The average Bonchev–Trinajstić information content (AvgIpc) is 2.67. The van der Waals surface area contributed by atoms with Crippen LogP contribution in [0.1, 0.15) is 26.0 Å². The molecule has 17 heavy (non-hydrogen) atoms. The first kappa shape index (κ1) is 14.2. The summed E-state index contributed by atoms with van der Waals surface area (Å²) in [6.07, 6.45) is 3.00. The molecule has 1 heterocycles. The third kappa shape index (κ3) is 6.42. The fraction of sp³-hybridized carbons (Fsp3) is 0.600. The molecule has 0 radical (unpaired) electrons. The number of hydrogen-bond donors (Lipinski definition) is 2. The van der Waals surface area contributed by atoms with Crippen LogP contribution in [0, 0.1) is 0 Å². The Kier molecular flexibility index (Phi) is 5.63. The van der Waals surface area contributed by atoms with Crippen LogP contribution in [0.5, 0.6) is 0 Å². The predicted molar refractivity (Wildman–Crippen MR) is 63.3 cm³/mol. The van der Waals surface area contributed by atoms with E-state index >= 15 is 0 Å². The zero-order valence-corrected chi connectivity index (χ0v) is 10.8. The fourth-order valence-corrected chi connectivity index (χ4v) is 2.13. The van der Waals surface area contributed by atoms with E-state index in [4.69, 9.17) is 9.25 Å². The second-order valence-electron chi connectivity index (χ2n) is 3.89. The van der Waals surface area contributed by atoms with Gasteiger partial charge in [-0.3, -0.25) is 4.84 Å². The summed E-state index contributed by atoms with van der Waals surface area (Å²) in [6, 6.07) is 3.51. The van der Waals surface area contributed by atoms with E-state index in [2.05, 4.69) is 4.72 Å². The molecular weight excluding hydrogens is 244 g/mol. The zero-order chi connectivity index (χ0) is 12.7. The molecule has 0 saturated heterocycles. The Morgan fingerprint density at radius 2 is 2.24 bits per heavy atom. The monoisotopic (exact) mass is 262 g/mol. The average molecular weight is 262 g/mol. The van der Waals surface area contributed by atoms with E-state index in [1.807, 2.05) is 17.0 Å². The molecule has 7 heteroatoms. The highest BCUT2D eigenvalue weighted by atomic mass is 32.2. The SMILES string of the molecule is CC(C)NS(=O)(=O)NOCCCc1ccco1. The first-order valence-electron chi connectivity index (χ1n) is 5.43. The molecule has 0 atom stereocenters. The molecule has 2 N–H and O–H groups in total. The van der Waals surface area contributed by atoms with Crippen LogP contribution in [0.25, 0.3) is 0 Å². The number of aryl methyl sites for hydroxylation is 1. The highest BCUT2D eigenvalue weighted by molar-refractivity contribution is 7.87. The molecule has 98 valence electrons. The molecule has 0 unspecified atom stereocenters. The van der Waals surface area contributed by atoms with Crippen molar-refractivity contribution in [3.63, 3.8) is 0 Å². The van der Waals surface area contributed by atoms with Crippen molar-refractivity contribution in [3.05, 3.63) is 24.2 Å². The lowest BCUT2D eigenvalue weighted by Crippen LogP contribution is -2.40. The van der Waals surface area contributed by atoms with Gasteiger partial charge in [-0.2, -0.15) is 13.1 Å². The van der Waals surface area contributed by atoms with Gasteiger partial charge in [0, 0.05) is 12.5 Å². The lowest BCUT2D eigenvalue weighted by molar-refractivity contribution is 0.0894. The summed E-state index contributed by atoms with van der Waals surface area (Å²) in [7, 11) is -3.56. The highest BCUT2D eigenvalue weighted by Gasteiger charge is 2.10. The van der Waals surface area contributed by atoms with Gasteiger partial charge in [0.2, 0.25) is 0 Å². The molecule has 6 nitrogen and oxygen atoms in total. The van der Waals surface area contributed by atoms with Crippen molar-refractivity contribution in [2.45, 2.75) is 32.7 Å². The normalized spacial score (nSPS) is 12.2. The molecule has 1 rings (SSSR count). The third-order valence-electron chi connectivity index (χ3n) is 1.81. The Balaban J connectivity index is 2.12. The summed E-state index contributed by atoms with van der Waals surface area (Å²) in [4.78, 5) is 6.86. The van der Waals surface area contributed by atoms with E-state index < -0.39 is 10.2 Å². The van der Waals surface area contributed by atoms with E-state index in [-0.39, 0.29) is 6.04 Å². The van der Waals surface area contributed by atoms with Crippen LogP contribution in [0.3, 0.4) is 0 Å². The van der Waals surface area contributed by atoms with E-state index in [1.54, 1.807) is 20.1 Å². The highest BCUT2D eigenvalue weighted by Crippen LogP contribution is 2.03. The quantitative estimate of drug-likeness (QED) is 0.540. The van der Waals surface area contributed by atoms with E-state index in [0.717, 1.165) is 5.76 Å². The second kappa shape index (κ2) is 6.75. The molecule has 0 aliphatic carbocycles. The van der Waals surface area contributed by atoms with Crippen molar-refractivity contribution >= 4 is 10.2 Å². The first-order valence-corrected chi connectivity index (χ1v) is 6.91. The molecular formula is C10H18N2O4S. The minimum absolute atomic E-state index is 0.167. The topological polar surface area (TPSA) is 80.6 Å². The van der Waals surface area contributed by atoms with Crippen LogP contribution in [-0.4, -0.2) is 21.1 Å². The van der Waals surface area contributed by atoms with Gasteiger partial charge in [-0.1, -0.05) is 4.89 Å². The lowest BCUT2D eigenvalue weighted by Gasteiger charge is -2.10. The molecule has 0 aliphatic heterocycles. The van der Waals surface area contributed by atoms with Crippen molar-refractivity contribution in [2.24, 2.45) is 0 Å². The molecule has 1 aromatic heterocycles. The van der Waals surface area contributed by atoms with Crippen LogP contribution in [0.15, 0.2) is 22.8 Å². The Morgan fingerprint density at radius 1 is 1.47 bits per heavy atom. The molecule has 0 aromatic carbocycles. The summed E-state index contributed by atoms with van der Waals surface area (Å²) in [5.41, 5.74) is 0. The van der Waals surface area contributed by atoms with Crippen LogP contribution in [0.2, 0.25) is 0 Å². The Morgan fingerprint density at radius 3 is 2.82 bits per heavy atom. The molecule has 0 spiro atoms. The van der Waals surface area contributed by atoms with Gasteiger partial charge in [0.15, 0.2) is 0 Å². The van der Waals surface area contributed by atoms with Crippen molar-refractivity contribution in [1.29, 1.82) is 0 Å². The predicted octanol–water partition coefficient (Wildman–Crippen LogP) is 0.976. The largest absolute Gasteiger partial charge is 0.469 e. The van der Waals surface area contributed by atoms with Gasteiger partial charge < -0.3 is 4.42 Å². The maximum atomic E-state index is 11.3. The number of furan rings is 1. The molecule has 0 aliphatic rings. The van der Waals surface area contributed by atoms with Crippen LogP contribution in [0.4, 0.5) is 0 Å². The molecule has 0 amide bonds. The fourth-order valence-electron chi connectivity index (χ4n) is 1.23. The van der Waals surface area contributed by atoms with Gasteiger partial charge in [0.25, 0.3) is 10.2 Å². The van der Waals surface area contributed by atoms with Crippen molar-refractivity contribution in [1.82, 2.24) is 9.61 Å². The summed E-state index contributed by atoms with van der Waals surface area (Å²) in [6.45, 7) is 3.76. The van der Waals surface area contributed by atoms with Crippen molar-refractivity contribution in [3.8, 4) is 0 Å². The number of rotatable bonds is 8. The number of hydrogen-bond acceptors (Lipinski definition) is 4. The Bertz CT molecular complexity index is 400. The summed E-state index contributed by atoms with van der Waals surface area (Å²) in [5, 5.41) is 0. The first-order chi connectivity index (χ1) is 7.99. The maximum Gasteiger partial charge on any atom is 0.299 e. The van der Waals surface area contributed by atoms with Gasteiger partial charge in [-0.25, -0.2) is 0 Å². The minimum Gasteiger partial charge on any atom is -0.469 e. The Labute approximate surface area is 101 Å². The molecule has 0 saturated carbocycles. The zero-order valence-electron chi connectivity index (χ0n) is 9.97. The maximum absolute atomic E-state index is 11.3. The summed E-state index contributed by atoms with van der Waals surface area (Å²) >= 11 is 0. The molecule has 0 bridgehead atoms. The lowest BCUT2D eigenvalue weighted by atomic mass is 10.3. The van der Waals surface area contributed by atoms with Gasteiger partial charge >= 0.3 is 0 Å². The standard InChI is InChI=1S/C10H18N2O4S/c1-9(2)11-17(13,14)12-16-8-4-6-10-5-3-7-15-10/h3,5,7,9,11-12H,4,6,8H2,1-2H3. The van der Waals surface area contributed by atoms with E-state index in [1.165, 1.54) is 0 Å². The summed E-state index contributed by atoms with van der Waals surface area (Å²) in [5.74, 6) is 0.858. The smallest absolute Gasteiger partial charge is 0.299 e. The van der Waals surface area contributed by atoms with Gasteiger partial charge in [0.1, 0.15) is 5.76 Å². The van der Waals surface area contributed by atoms with Crippen LogP contribution in [-0.2, 0) is 21.5 Å². The van der Waals surface area contributed by atoms with Gasteiger partial charge in [-0.05, 0) is 32.4 Å². The third-order valence-corrected chi connectivity index (χ3v) is 2.93. The van der Waals surface area contributed by atoms with Gasteiger partial charge in [-0.15, -0.1) is 0 Å².